The maximum Gasteiger partial charge on any atom is 0.308 e. The van der Waals surface area contributed by atoms with Gasteiger partial charge in [0.2, 0.25) is 0 Å². The molecule has 0 unspecified atom stereocenters. The first-order valence-corrected chi connectivity index (χ1v) is 8.57. The van der Waals surface area contributed by atoms with E-state index < -0.39 is 5.97 Å². The van der Waals surface area contributed by atoms with Gasteiger partial charge in [0.05, 0.1) is 24.9 Å². The molecule has 6 heteroatoms. The van der Waals surface area contributed by atoms with Crippen molar-refractivity contribution in [3.05, 3.63) is 58.7 Å². The van der Waals surface area contributed by atoms with Crippen LogP contribution in [0.2, 0.25) is 5.02 Å². The Bertz CT molecular complexity index is 1030. The summed E-state index contributed by atoms with van der Waals surface area (Å²) in [5, 5.41) is 1.43. The molecule has 3 aromatic rings. The number of esters is 1. The molecular formula is C21H18ClNO4. The van der Waals surface area contributed by atoms with Crippen LogP contribution >= 0.6 is 11.6 Å². The minimum atomic E-state index is -0.443. The van der Waals surface area contributed by atoms with E-state index in [0.29, 0.717) is 22.1 Å². The molecule has 0 aliphatic carbocycles. The number of aromatic nitrogens is 1. The lowest BCUT2D eigenvalue weighted by Gasteiger charge is -2.10. The van der Waals surface area contributed by atoms with Crippen molar-refractivity contribution in [3.8, 4) is 17.2 Å². The van der Waals surface area contributed by atoms with E-state index in [1.54, 1.807) is 19.2 Å². The molecule has 1 heterocycles. The Balaban J connectivity index is 1.96. The molecule has 27 heavy (non-hydrogen) atoms. The molecule has 0 saturated carbocycles. The highest BCUT2D eigenvalue weighted by molar-refractivity contribution is 6.32. The molecule has 0 spiro atoms. The number of para-hydroxylation sites is 1. The zero-order chi connectivity index (χ0) is 19.4. The average Bonchev–Trinajstić information content (AvgIpc) is 2.66. The van der Waals surface area contributed by atoms with Crippen molar-refractivity contribution in [3.63, 3.8) is 0 Å². The second kappa shape index (κ2) is 8.10. The van der Waals surface area contributed by atoms with Crippen LogP contribution in [-0.2, 0) is 4.79 Å². The highest BCUT2D eigenvalue weighted by atomic mass is 35.5. The van der Waals surface area contributed by atoms with Gasteiger partial charge in [-0.2, -0.15) is 0 Å². The molecule has 0 fully saturated rings. The van der Waals surface area contributed by atoms with Gasteiger partial charge >= 0.3 is 5.97 Å². The summed E-state index contributed by atoms with van der Waals surface area (Å²) in [6, 6.07) is 12.9. The summed E-state index contributed by atoms with van der Waals surface area (Å²) >= 11 is 6.31. The number of nitrogens with zero attached hydrogens (tertiary/aromatic N) is 1. The van der Waals surface area contributed by atoms with E-state index in [1.165, 1.54) is 14.0 Å². The van der Waals surface area contributed by atoms with Crippen molar-refractivity contribution in [2.45, 2.75) is 6.92 Å². The van der Waals surface area contributed by atoms with Gasteiger partial charge in [0, 0.05) is 18.4 Å². The number of hydrogen-bond donors (Lipinski definition) is 0. The van der Waals surface area contributed by atoms with Gasteiger partial charge < -0.3 is 14.2 Å². The SMILES string of the molecule is COc1cc(/C=C/c2ccc3cccc(OC)c3n2)c(Cl)cc1OC(C)=O. The number of pyridine rings is 1. The Morgan fingerprint density at radius 1 is 1.00 bits per heavy atom. The summed E-state index contributed by atoms with van der Waals surface area (Å²) < 4.78 is 15.8. The Hall–Kier alpha value is -3.05. The van der Waals surface area contributed by atoms with Gasteiger partial charge in [0.15, 0.2) is 11.5 Å². The van der Waals surface area contributed by atoms with Crippen molar-refractivity contribution < 1.29 is 19.0 Å². The van der Waals surface area contributed by atoms with E-state index in [-0.39, 0.29) is 5.75 Å². The topological polar surface area (TPSA) is 57.6 Å². The van der Waals surface area contributed by atoms with Crippen LogP contribution in [-0.4, -0.2) is 25.2 Å². The van der Waals surface area contributed by atoms with Crippen LogP contribution in [0.5, 0.6) is 17.2 Å². The summed E-state index contributed by atoms with van der Waals surface area (Å²) in [6.45, 7) is 1.32. The summed E-state index contributed by atoms with van der Waals surface area (Å²) in [7, 11) is 3.12. The molecule has 0 aliphatic rings. The number of halogens is 1. The molecule has 138 valence electrons. The minimum Gasteiger partial charge on any atom is -0.494 e. The van der Waals surface area contributed by atoms with Gasteiger partial charge in [-0.15, -0.1) is 0 Å². The Labute approximate surface area is 162 Å². The molecule has 0 bridgehead atoms. The molecule has 0 radical (unpaired) electrons. The van der Waals surface area contributed by atoms with Crippen molar-refractivity contribution in [2.24, 2.45) is 0 Å². The quantitative estimate of drug-likeness (QED) is 0.458. The molecule has 5 nitrogen and oxygen atoms in total. The van der Waals surface area contributed by atoms with Crippen molar-refractivity contribution >= 4 is 40.6 Å². The van der Waals surface area contributed by atoms with Gasteiger partial charge in [-0.05, 0) is 29.8 Å². The smallest absolute Gasteiger partial charge is 0.308 e. The van der Waals surface area contributed by atoms with Crippen LogP contribution in [0.4, 0.5) is 0 Å². The second-order valence-electron chi connectivity index (χ2n) is 5.72. The lowest BCUT2D eigenvalue weighted by Crippen LogP contribution is -2.03. The largest absolute Gasteiger partial charge is 0.494 e. The maximum absolute atomic E-state index is 11.2. The summed E-state index contributed by atoms with van der Waals surface area (Å²) in [4.78, 5) is 15.8. The number of fused-ring (bicyclic) bond motifs is 1. The Kier molecular flexibility index (Phi) is 5.62. The molecule has 0 amide bonds. The number of benzene rings is 2. The fourth-order valence-corrected chi connectivity index (χ4v) is 2.86. The molecule has 2 aromatic carbocycles. The fraction of sp³-hybridized carbons (Fsp3) is 0.143. The minimum absolute atomic E-state index is 0.278. The van der Waals surface area contributed by atoms with Crippen LogP contribution in [0.3, 0.4) is 0 Å². The zero-order valence-electron chi connectivity index (χ0n) is 15.2. The van der Waals surface area contributed by atoms with Gasteiger partial charge in [0.25, 0.3) is 0 Å². The van der Waals surface area contributed by atoms with E-state index in [2.05, 4.69) is 4.98 Å². The van der Waals surface area contributed by atoms with Gasteiger partial charge in [-0.1, -0.05) is 35.9 Å². The number of carbonyl (C=O) groups excluding carboxylic acids is 1. The van der Waals surface area contributed by atoms with Crippen molar-refractivity contribution in [1.82, 2.24) is 4.98 Å². The lowest BCUT2D eigenvalue weighted by molar-refractivity contribution is -0.132. The number of rotatable bonds is 5. The first kappa shape index (κ1) is 18.7. The number of ether oxygens (including phenoxy) is 3. The zero-order valence-corrected chi connectivity index (χ0v) is 15.9. The van der Waals surface area contributed by atoms with E-state index in [4.69, 9.17) is 25.8 Å². The predicted octanol–water partition coefficient (Wildman–Crippen LogP) is 5.00. The average molecular weight is 384 g/mol. The van der Waals surface area contributed by atoms with E-state index in [1.807, 2.05) is 42.5 Å². The molecule has 0 saturated heterocycles. The van der Waals surface area contributed by atoms with Gasteiger partial charge in [-0.25, -0.2) is 4.98 Å². The highest BCUT2D eigenvalue weighted by Crippen LogP contribution is 2.34. The second-order valence-corrected chi connectivity index (χ2v) is 6.13. The summed E-state index contributed by atoms with van der Waals surface area (Å²) in [6.07, 6.45) is 3.67. The Morgan fingerprint density at radius 2 is 1.78 bits per heavy atom. The first-order chi connectivity index (χ1) is 13.0. The van der Waals surface area contributed by atoms with E-state index in [9.17, 15) is 4.79 Å². The van der Waals surface area contributed by atoms with Crippen molar-refractivity contribution in [1.29, 1.82) is 0 Å². The maximum atomic E-state index is 11.2. The van der Waals surface area contributed by atoms with Gasteiger partial charge in [-0.3, -0.25) is 4.79 Å². The molecule has 0 atom stereocenters. The third kappa shape index (κ3) is 4.20. The van der Waals surface area contributed by atoms with E-state index >= 15 is 0 Å². The molecule has 3 rings (SSSR count). The van der Waals surface area contributed by atoms with Crippen molar-refractivity contribution in [2.75, 3.05) is 14.2 Å². The fourth-order valence-electron chi connectivity index (χ4n) is 2.64. The first-order valence-electron chi connectivity index (χ1n) is 8.19. The van der Waals surface area contributed by atoms with Crippen LogP contribution in [0.15, 0.2) is 42.5 Å². The third-order valence-corrected chi connectivity index (χ3v) is 4.22. The molecule has 0 aliphatic heterocycles. The summed E-state index contributed by atoms with van der Waals surface area (Å²) in [5.74, 6) is 0.971. The lowest BCUT2D eigenvalue weighted by atomic mass is 10.1. The van der Waals surface area contributed by atoms with Crippen LogP contribution in [0, 0.1) is 0 Å². The van der Waals surface area contributed by atoms with Crippen LogP contribution in [0.25, 0.3) is 23.1 Å². The number of hydrogen-bond acceptors (Lipinski definition) is 5. The molecule has 0 N–H and O–H groups in total. The molecule has 1 aromatic heterocycles. The van der Waals surface area contributed by atoms with Crippen LogP contribution in [0.1, 0.15) is 18.2 Å². The predicted molar refractivity (Wildman–Crippen MR) is 107 cm³/mol. The Morgan fingerprint density at radius 3 is 2.48 bits per heavy atom. The third-order valence-electron chi connectivity index (χ3n) is 3.89. The number of carbonyl (C=O) groups is 1. The normalized spacial score (nSPS) is 11.0. The highest BCUT2D eigenvalue weighted by Gasteiger charge is 2.11. The van der Waals surface area contributed by atoms with E-state index in [0.717, 1.165) is 16.6 Å². The summed E-state index contributed by atoms with van der Waals surface area (Å²) in [5.41, 5.74) is 2.26. The van der Waals surface area contributed by atoms with Gasteiger partial charge in [0.1, 0.15) is 11.3 Å². The monoisotopic (exact) mass is 383 g/mol. The standard InChI is InChI=1S/C21H18ClNO4/c1-13(24)27-20-12-17(22)15(11-19(20)26-3)8-10-16-9-7-14-5-4-6-18(25-2)21(14)23-16/h4-12H,1-3H3/b10-8+. The van der Waals surface area contributed by atoms with Crippen LogP contribution < -0.4 is 14.2 Å². The number of methoxy groups -OCH3 is 2. The molecular weight excluding hydrogens is 366 g/mol.